The Morgan fingerprint density at radius 1 is 1.00 bits per heavy atom. The van der Waals surface area contributed by atoms with Crippen molar-refractivity contribution in [1.82, 2.24) is 0 Å². The number of benzene rings is 1. The lowest BCUT2D eigenvalue weighted by Gasteiger charge is -2.33. The van der Waals surface area contributed by atoms with E-state index in [0.717, 1.165) is 13.0 Å². The maximum absolute atomic E-state index is 5.87. The minimum Gasteiger partial charge on any atom is -0.374 e. The van der Waals surface area contributed by atoms with Crippen LogP contribution in [0.25, 0.3) is 0 Å². The van der Waals surface area contributed by atoms with Crippen molar-refractivity contribution in [3.63, 3.8) is 0 Å². The second kappa shape index (κ2) is 7.45. The molecule has 0 saturated heterocycles. The van der Waals surface area contributed by atoms with Crippen LogP contribution in [0.1, 0.15) is 85.0 Å². The maximum Gasteiger partial charge on any atom is 0.0796 e. The molecule has 0 aliphatic heterocycles. The molecular formula is C20H34O. The zero-order chi connectivity index (χ0) is 16.1. The lowest BCUT2D eigenvalue weighted by Crippen LogP contribution is -2.24. The van der Waals surface area contributed by atoms with E-state index < -0.39 is 0 Å². The van der Waals surface area contributed by atoms with Crippen LogP contribution < -0.4 is 0 Å². The summed E-state index contributed by atoms with van der Waals surface area (Å²) < 4.78 is 5.87. The fourth-order valence-electron chi connectivity index (χ4n) is 3.13. The molecule has 1 rings (SSSR count). The Morgan fingerprint density at radius 2 is 1.57 bits per heavy atom. The first-order chi connectivity index (χ1) is 9.65. The van der Waals surface area contributed by atoms with Gasteiger partial charge >= 0.3 is 0 Å². The van der Waals surface area contributed by atoms with Crippen molar-refractivity contribution >= 4 is 0 Å². The van der Waals surface area contributed by atoms with Gasteiger partial charge in [0.25, 0.3) is 0 Å². The Labute approximate surface area is 132 Å². The van der Waals surface area contributed by atoms with Crippen LogP contribution in [-0.4, -0.2) is 6.61 Å². The van der Waals surface area contributed by atoms with Crippen molar-refractivity contribution < 1.29 is 4.74 Å². The van der Waals surface area contributed by atoms with Gasteiger partial charge in [0.05, 0.1) is 6.10 Å². The monoisotopic (exact) mass is 290 g/mol. The summed E-state index contributed by atoms with van der Waals surface area (Å²) in [7, 11) is 0. The summed E-state index contributed by atoms with van der Waals surface area (Å²) in [4.78, 5) is 0. The van der Waals surface area contributed by atoms with Gasteiger partial charge in [0, 0.05) is 6.61 Å². The SMILES string of the molecule is CCCCOC(C)c1ccc(C(C)(C)CC(C)(C)C)cc1. The van der Waals surface area contributed by atoms with Crippen molar-refractivity contribution in [3.05, 3.63) is 35.4 Å². The lowest BCUT2D eigenvalue weighted by molar-refractivity contribution is 0.0636. The quantitative estimate of drug-likeness (QED) is 0.537. The summed E-state index contributed by atoms with van der Waals surface area (Å²) in [5, 5.41) is 0. The van der Waals surface area contributed by atoms with E-state index >= 15 is 0 Å². The molecule has 0 saturated carbocycles. The highest BCUT2D eigenvalue weighted by Gasteiger charge is 2.27. The van der Waals surface area contributed by atoms with Crippen LogP contribution in [0.15, 0.2) is 24.3 Å². The molecule has 1 heteroatoms. The van der Waals surface area contributed by atoms with E-state index in [1.807, 2.05) is 0 Å². The van der Waals surface area contributed by atoms with Crippen LogP contribution in [0.2, 0.25) is 0 Å². The Bertz CT molecular complexity index is 408. The molecule has 1 nitrogen and oxygen atoms in total. The molecule has 0 aliphatic carbocycles. The van der Waals surface area contributed by atoms with Gasteiger partial charge in [0.15, 0.2) is 0 Å². The Balaban J connectivity index is 2.73. The number of hydrogen-bond acceptors (Lipinski definition) is 1. The van der Waals surface area contributed by atoms with Gasteiger partial charge < -0.3 is 4.74 Å². The third-order valence-corrected chi connectivity index (χ3v) is 4.00. The molecule has 0 aliphatic rings. The molecule has 0 N–H and O–H groups in total. The molecule has 0 amide bonds. The fourth-order valence-corrected chi connectivity index (χ4v) is 3.13. The molecule has 120 valence electrons. The summed E-state index contributed by atoms with van der Waals surface area (Å²) in [6, 6.07) is 9.02. The molecular weight excluding hydrogens is 256 g/mol. The molecule has 0 heterocycles. The average molecular weight is 290 g/mol. The molecule has 1 aromatic rings. The number of hydrogen-bond donors (Lipinski definition) is 0. The van der Waals surface area contributed by atoms with Crippen molar-refractivity contribution in [2.24, 2.45) is 5.41 Å². The highest BCUT2D eigenvalue weighted by atomic mass is 16.5. The maximum atomic E-state index is 5.87. The van der Waals surface area contributed by atoms with E-state index in [0.29, 0.717) is 5.41 Å². The minimum atomic E-state index is 0.191. The van der Waals surface area contributed by atoms with Crippen molar-refractivity contribution in [2.45, 2.75) is 79.2 Å². The van der Waals surface area contributed by atoms with Crippen LogP contribution >= 0.6 is 0 Å². The molecule has 0 spiro atoms. The smallest absolute Gasteiger partial charge is 0.0796 e. The third-order valence-electron chi connectivity index (χ3n) is 4.00. The Kier molecular flexibility index (Phi) is 6.46. The van der Waals surface area contributed by atoms with E-state index in [9.17, 15) is 0 Å². The van der Waals surface area contributed by atoms with E-state index in [2.05, 4.69) is 72.7 Å². The molecule has 1 aromatic carbocycles. The minimum absolute atomic E-state index is 0.191. The zero-order valence-electron chi connectivity index (χ0n) is 15.1. The van der Waals surface area contributed by atoms with Gasteiger partial charge in [-0.1, -0.05) is 72.2 Å². The standard InChI is InChI=1S/C20H34O/c1-8-9-14-21-16(2)17-10-12-18(13-11-17)20(6,7)15-19(3,4)5/h10-13,16H,8-9,14-15H2,1-7H3. The average Bonchev–Trinajstić information content (AvgIpc) is 2.36. The van der Waals surface area contributed by atoms with Gasteiger partial charge in [-0.2, -0.15) is 0 Å². The molecule has 0 radical (unpaired) electrons. The second-order valence-corrected chi connectivity index (χ2v) is 8.11. The fraction of sp³-hybridized carbons (Fsp3) is 0.700. The second-order valence-electron chi connectivity index (χ2n) is 8.11. The van der Waals surface area contributed by atoms with Crippen LogP contribution in [0.3, 0.4) is 0 Å². The van der Waals surface area contributed by atoms with Crippen LogP contribution in [-0.2, 0) is 10.2 Å². The summed E-state index contributed by atoms with van der Waals surface area (Å²) in [6.07, 6.45) is 3.70. The largest absolute Gasteiger partial charge is 0.374 e. The molecule has 21 heavy (non-hydrogen) atoms. The molecule has 0 bridgehead atoms. The molecule has 1 atom stereocenters. The Morgan fingerprint density at radius 3 is 2.05 bits per heavy atom. The summed E-state index contributed by atoms with van der Waals surface area (Å²) in [5.41, 5.74) is 3.25. The van der Waals surface area contributed by atoms with Crippen molar-refractivity contribution in [1.29, 1.82) is 0 Å². The molecule has 0 fully saturated rings. The summed E-state index contributed by atoms with van der Waals surface area (Å²) in [6.45, 7) is 16.8. The van der Waals surface area contributed by atoms with Crippen molar-refractivity contribution in [3.8, 4) is 0 Å². The van der Waals surface area contributed by atoms with Gasteiger partial charge in [-0.15, -0.1) is 0 Å². The third kappa shape index (κ3) is 6.22. The van der Waals surface area contributed by atoms with Gasteiger partial charge in [-0.25, -0.2) is 0 Å². The van der Waals surface area contributed by atoms with E-state index in [4.69, 9.17) is 4.74 Å². The first-order valence-electron chi connectivity index (χ1n) is 8.38. The predicted molar refractivity (Wildman–Crippen MR) is 92.8 cm³/mol. The summed E-state index contributed by atoms with van der Waals surface area (Å²) in [5.74, 6) is 0. The van der Waals surface area contributed by atoms with E-state index in [1.165, 1.54) is 24.0 Å². The van der Waals surface area contributed by atoms with Crippen molar-refractivity contribution in [2.75, 3.05) is 6.61 Å². The normalized spacial score (nSPS) is 14.2. The first-order valence-corrected chi connectivity index (χ1v) is 8.38. The van der Waals surface area contributed by atoms with Crippen LogP contribution in [0.5, 0.6) is 0 Å². The highest BCUT2D eigenvalue weighted by molar-refractivity contribution is 5.29. The van der Waals surface area contributed by atoms with E-state index in [1.54, 1.807) is 0 Å². The van der Waals surface area contributed by atoms with Crippen LogP contribution in [0, 0.1) is 5.41 Å². The number of rotatable bonds is 7. The topological polar surface area (TPSA) is 9.23 Å². The van der Waals surface area contributed by atoms with Gasteiger partial charge in [0.1, 0.15) is 0 Å². The predicted octanol–water partition coefficient (Wildman–Crippen LogP) is 6.28. The summed E-state index contributed by atoms with van der Waals surface area (Å²) >= 11 is 0. The van der Waals surface area contributed by atoms with Crippen LogP contribution in [0.4, 0.5) is 0 Å². The van der Waals surface area contributed by atoms with Gasteiger partial charge in [-0.3, -0.25) is 0 Å². The Hall–Kier alpha value is -0.820. The molecule has 0 aromatic heterocycles. The first kappa shape index (κ1) is 18.2. The highest BCUT2D eigenvalue weighted by Crippen LogP contribution is 2.36. The molecule has 1 unspecified atom stereocenters. The van der Waals surface area contributed by atoms with Gasteiger partial charge in [0.2, 0.25) is 0 Å². The van der Waals surface area contributed by atoms with Gasteiger partial charge in [-0.05, 0) is 41.7 Å². The lowest BCUT2D eigenvalue weighted by atomic mass is 9.72. The number of unbranched alkanes of at least 4 members (excludes halogenated alkanes) is 1. The van der Waals surface area contributed by atoms with E-state index in [-0.39, 0.29) is 11.5 Å². The number of ether oxygens (including phenoxy) is 1. The zero-order valence-corrected chi connectivity index (χ0v) is 15.1.